The third-order valence-corrected chi connectivity index (χ3v) is 6.25. The Labute approximate surface area is 197 Å². The van der Waals surface area contributed by atoms with Crippen molar-refractivity contribution < 1.29 is 4.79 Å². The molecular weight excluding hydrogens is 435 g/mol. The first-order valence-electron chi connectivity index (χ1n) is 10.9. The number of hydrogen-bond donors (Lipinski definition) is 2. The Kier molecular flexibility index (Phi) is 10.2. The molecule has 2 saturated heterocycles. The molecule has 0 saturated carbocycles. The maximum Gasteiger partial charge on any atom is 0.273 e. The van der Waals surface area contributed by atoms with E-state index >= 15 is 0 Å². The third kappa shape index (κ3) is 6.91. The van der Waals surface area contributed by atoms with Gasteiger partial charge in [-0.15, -0.1) is 29.9 Å². The normalized spacial score (nSPS) is 18.1. The number of piperidine rings is 2. The highest BCUT2D eigenvalue weighted by Crippen LogP contribution is 2.20. The van der Waals surface area contributed by atoms with Gasteiger partial charge in [-0.2, -0.15) is 0 Å². The summed E-state index contributed by atoms with van der Waals surface area (Å²) >= 11 is 0. The van der Waals surface area contributed by atoms with E-state index in [0.29, 0.717) is 18.3 Å². The van der Waals surface area contributed by atoms with Gasteiger partial charge in [0, 0.05) is 13.1 Å². The Morgan fingerprint density at radius 3 is 2.48 bits per heavy atom. The van der Waals surface area contributed by atoms with E-state index in [0.717, 1.165) is 51.5 Å². The zero-order valence-electron chi connectivity index (χ0n) is 18.1. The van der Waals surface area contributed by atoms with E-state index in [1.807, 2.05) is 10.7 Å². The quantitative estimate of drug-likeness (QED) is 0.680. The van der Waals surface area contributed by atoms with Crippen molar-refractivity contribution in [3.05, 3.63) is 47.3 Å². The van der Waals surface area contributed by atoms with Crippen LogP contribution in [0.5, 0.6) is 0 Å². The number of nitrogens with one attached hydrogen (secondary N) is 2. The van der Waals surface area contributed by atoms with Gasteiger partial charge in [-0.05, 0) is 68.9 Å². The third-order valence-electron chi connectivity index (χ3n) is 6.25. The standard InChI is InChI=1S/C22H32N6O.2ClH/c1-17-8-12-27(13-9-17)15-19-5-3-2-4-18(19)14-24-22(29)21-16-28(26-25-21)20-6-10-23-11-7-20;;/h2-5,16-17,20,23H,6-15H2,1H3,(H,24,29);2*1H. The van der Waals surface area contributed by atoms with Crippen molar-refractivity contribution in [2.45, 2.75) is 51.7 Å². The lowest BCUT2D eigenvalue weighted by molar-refractivity contribution is 0.0945. The smallest absolute Gasteiger partial charge is 0.273 e. The molecule has 0 unspecified atom stereocenters. The Morgan fingerprint density at radius 2 is 1.77 bits per heavy atom. The van der Waals surface area contributed by atoms with Gasteiger partial charge in [0.2, 0.25) is 0 Å². The molecule has 1 aromatic carbocycles. The molecule has 172 valence electrons. The molecular formula is C22H34Cl2N6O. The lowest BCUT2D eigenvalue weighted by atomic mass is 9.98. The van der Waals surface area contributed by atoms with Crippen molar-refractivity contribution >= 4 is 30.7 Å². The van der Waals surface area contributed by atoms with Gasteiger partial charge in [-0.3, -0.25) is 9.69 Å². The number of amides is 1. The first-order valence-corrected chi connectivity index (χ1v) is 10.9. The number of nitrogens with zero attached hydrogens (tertiary/aromatic N) is 4. The molecule has 0 radical (unpaired) electrons. The van der Waals surface area contributed by atoms with Gasteiger partial charge in [-0.1, -0.05) is 36.4 Å². The molecule has 0 spiro atoms. The summed E-state index contributed by atoms with van der Waals surface area (Å²) in [5, 5.41) is 14.7. The van der Waals surface area contributed by atoms with E-state index in [9.17, 15) is 4.79 Å². The van der Waals surface area contributed by atoms with E-state index in [4.69, 9.17) is 0 Å². The minimum absolute atomic E-state index is 0. The van der Waals surface area contributed by atoms with Crippen LogP contribution in [0.15, 0.2) is 30.5 Å². The first kappa shape index (κ1) is 25.6. The molecule has 1 amide bonds. The number of benzene rings is 1. The van der Waals surface area contributed by atoms with Crippen molar-refractivity contribution in [2.24, 2.45) is 5.92 Å². The fourth-order valence-corrected chi connectivity index (χ4v) is 4.24. The summed E-state index contributed by atoms with van der Waals surface area (Å²) in [5.41, 5.74) is 2.86. The summed E-state index contributed by atoms with van der Waals surface area (Å²) in [6.07, 6.45) is 6.36. The van der Waals surface area contributed by atoms with Crippen LogP contribution >= 0.6 is 24.8 Å². The largest absolute Gasteiger partial charge is 0.347 e. The van der Waals surface area contributed by atoms with Gasteiger partial charge in [0.1, 0.15) is 0 Å². The van der Waals surface area contributed by atoms with Gasteiger partial charge in [0.05, 0.1) is 12.2 Å². The van der Waals surface area contributed by atoms with E-state index in [2.05, 4.69) is 51.0 Å². The topological polar surface area (TPSA) is 75.1 Å². The molecule has 0 aliphatic carbocycles. The van der Waals surface area contributed by atoms with Crippen LogP contribution in [-0.4, -0.2) is 52.0 Å². The van der Waals surface area contributed by atoms with Crippen LogP contribution in [0.25, 0.3) is 0 Å². The fraction of sp³-hybridized carbons (Fsp3) is 0.591. The summed E-state index contributed by atoms with van der Waals surface area (Å²) in [5.74, 6) is 0.672. The Balaban J connectivity index is 0.00000171. The first-order chi connectivity index (χ1) is 14.2. The molecule has 4 rings (SSSR count). The number of aromatic nitrogens is 3. The SMILES string of the molecule is CC1CCN(Cc2ccccc2CNC(=O)c2cn(C3CCNCC3)nn2)CC1.Cl.Cl. The minimum Gasteiger partial charge on any atom is -0.347 e. The molecule has 2 aliphatic heterocycles. The zero-order valence-corrected chi connectivity index (χ0v) is 19.8. The van der Waals surface area contributed by atoms with Crippen LogP contribution in [0.2, 0.25) is 0 Å². The van der Waals surface area contributed by atoms with Crippen molar-refractivity contribution in [2.75, 3.05) is 26.2 Å². The van der Waals surface area contributed by atoms with Gasteiger partial charge in [0.15, 0.2) is 5.69 Å². The van der Waals surface area contributed by atoms with Crippen LogP contribution in [0.3, 0.4) is 0 Å². The van der Waals surface area contributed by atoms with E-state index in [1.165, 1.54) is 24.0 Å². The van der Waals surface area contributed by atoms with Gasteiger partial charge in [0.25, 0.3) is 5.91 Å². The average Bonchev–Trinajstić information content (AvgIpc) is 3.26. The van der Waals surface area contributed by atoms with Crippen molar-refractivity contribution in [1.82, 2.24) is 30.5 Å². The van der Waals surface area contributed by atoms with E-state index in [1.54, 1.807) is 6.20 Å². The average molecular weight is 469 g/mol. The summed E-state index contributed by atoms with van der Waals surface area (Å²) in [6, 6.07) is 8.73. The monoisotopic (exact) mass is 468 g/mol. The maximum absolute atomic E-state index is 12.6. The van der Waals surface area contributed by atoms with Crippen LogP contribution in [-0.2, 0) is 13.1 Å². The van der Waals surface area contributed by atoms with E-state index in [-0.39, 0.29) is 30.7 Å². The van der Waals surface area contributed by atoms with Crippen molar-refractivity contribution in [1.29, 1.82) is 0 Å². The Hall–Kier alpha value is -1.67. The maximum atomic E-state index is 12.6. The van der Waals surface area contributed by atoms with Gasteiger partial charge in [-0.25, -0.2) is 4.68 Å². The summed E-state index contributed by atoms with van der Waals surface area (Å²) < 4.78 is 1.85. The van der Waals surface area contributed by atoms with Crippen LogP contribution in [0.1, 0.15) is 60.3 Å². The number of carbonyl (C=O) groups is 1. The summed E-state index contributed by atoms with van der Waals surface area (Å²) in [7, 11) is 0. The molecule has 0 bridgehead atoms. The number of likely N-dealkylation sites (tertiary alicyclic amines) is 1. The van der Waals surface area contributed by atoms with Crippen molar-refractivity contribution in [3.63, 3.8) is 0 Å². The number of rotatable bonds is 6. The van der Waals surface area contributed by atoms with Crippen molar-refractivity contribution in [3.8, 4) is 0 Å². The molecule has 2 aromatic rings. The zero-order chi connectivity index (χ0) is 20.1. The highest BCUT2D eigenvalue weighted by Gasteiger charge is 2.19. The highest BCUT2D eigenvalue weighted by atomic mass is 35.5. The second kappa shape index (κ2) is 12.4. The molecule has 2 N–H and O–H groups in total. The van der Waals surface area contributed by atoms with Crippen LogP contribution in [0, 0.1) is 5.92 Å². The predicted octanol–water partition coefficient (Wildman–Crippen LogP) is 3.21. The highest BCUT2D eigenvalue weighted by molar-refractivity contribution is 5.91. The second-order valence-corrected chi connectivity index (χ2v) is 8.48. The number of hydrogen-bond acceptors (Lipinski definition) is 5. The molecule has 7 nitrogen and oxygen atoms in total. The Morgan fingerprint density at radius 1 is 1.10 bits per heavy atom. The molecule has 1 aromatic heterocycles. The van der Waals surface area contributed by atoms with Crippen LogP contribution < -0.4 is 10.6 Å². The van der Waals surface area contributed by atoms with Crippen LogP contribution in [0.4, 0.5) is 0 Å². The molecule has 31 heavy (non-hydrogen) atoms. The molecule has 9 heteroatoms. The van der Waals surface area contributed by atoms with E-state index < -0.39 is 0 Å². The lowest BCUT2D eigenvalue weighted by Gasteiger charge is -2.30. The lowest BCUT2D eigenvalue weighted by Crippen LogP contribution is -2.33. The molecule has 3 heterocycles. The second-order valence-electron chi connectivity index (χ2n) is 8.48. The molecule has 0 atom stereocenters. The Bertz CT molecular complexity index is 816. The van der Waals surface area contributed by atoms with Gasteiger partial charge >= 0.3 is 0 Å². The molecule has 2 aliphatic rings. The van der Waals surface area contributed by atoms with Gasteiger partial charge < -0.3 is 10.6 Å². The minimum atomic E-state index is -0.160. The number of halogens is 2. The number of carbonyl (C=O) groups excluding carboxylic acids is 1. The fourth-order valence-electron chi connectivity index (χ4n) is 4.24. The predicted molar refractivity (Wildman–Crippen MR) is 127 cm³/mol. The summed E-state index contributed by atoms with van der Waals surface area (Å²) in [6.45, 7) is 8.08. The molecule has 2 fully saturated rings. The summed E-state index contributed by atoms with van der Waals surface area (Å²) in [4.78, 5) is 15.1.